The summed E-state index contributed by atoms with van der Waals surface area (Å²) in [6.45, 7) is 0. The number of hydrogen-bond acceptors (Lipinski definition) is 6. The molecule has 7 heteroatoms. The van der Waals surface area contributed by atoms with Gasteiger partial charge in [-0.3, -0.25) is 5.43 Å². The van der Waals surface area contributed by atoms with Crippen molar-refractivity contribution in [2.45, 2.75) is 0 Å². The number of aromatic nitrogens is 1. The zero-order valence-electron chi connectivity index (χ0n) is 12.9. The maximum atomic E-state index is 13.8. The second-order valence-electron chi connectivity index (χ2n) is 4.92. The predicted octanol–water partition coefficient (Wildman–Crippen LogP) is 3.99. The molecule has 0 aliphatic carbocycles. The van der Waals surface area contributed by atoms with Crippen LogP contribution in [-0.2, 0) is 0 Å². The van der Waals surface area contributed by atoms with E-state index in [1.165, 1.54) is 24.5 Å². The number of hydrogen-bond donors (Lipinski definition) is 2. The maximum Gasteiger partial charge on any atom is 0.205 e. The third kappa shape index (κ3) is 3.69. The first-order valence-corrected chi connectivity index (χ1v) is 7.98. The Morgan fingerprint density at radius 3 is 2.58 bits per heavy atom. The molecule has 0 atom stereocenters. The van der Waals surface area contributed by atoms with Gasteiger partial charge in [0.1, 0.15) is 5.82 Å². The van der Waals surface area contributed by atoms with Crippen LogP contribution in [0.2, 0.25) is 0 Å². The van der Waals surface area contributed by atoms with Crippen molar-refractivity contribution < 1.29 is 9.13 Å². The number of ether oxygens (including phenoxy) is 1. The van der Waals surface area contributed by atoms with Crippen LogP contribution in [-0.4, -0.2) is 18.3 Å². The Kier molecular flexibility index (Phi) is 4.72. The average Bonchev–Trinajstić information content (AvgIpc) is 3.01. The van der Waals surface area contributed by atoms with E-state index in [4.69, 9.17) is 10.5 Å². The largest absolute Gasteiger partial charge is 0.494 e. The van der Waals surface area contributed by atoms with Gasteiger partial charge in [0.25, 0.3) is 0 Å². The van der Waals surface area contributed by atoms with E-state index in [0.717, 1.165) is 16.7 Å². The van der Waals surface area contributed by atoms with Crippen molar-refractivity contribution >= 4 is 28.5 Å². The number of methoxy groups -OCH3 is 1. The third-order valence-corrected chi connectivity index (χ3v) is 4.06. The van der Waals surface area contributed by atoms with Crippen molar-refractivity contribution in [1.82, 2.24) is 4.98 Å². The minimum absolute atomic E-state index is 0.233. The summed E-state index contributed by atoms with van der Waals surface area (Å²) in [5, 5.41) is 6.48. The molecule has 0 bridgehead atoms. The number of nitrogens with two attached hydrogens (primary N) is 1. The van der Waals surface area contributed by atoms with E-state index in [9.17, 15) is 4.39 Å². The van der Waals surface area contributed by atoms with Crippen molar-refractivity contribution in [3.05, 3.63) is 59.2 Å². The molecule has 24 heavy (non-hydrogen) atoms. The average molecular weight is 342 g/mol. The van der Waals surface area contributed by atoms with E-state index in [0.29, 0.717) is 10.9 Å². The molecule has 2 aromatic carbocycles. The molecule has 0 fully saturated rings. The van der Waals surface area contributed by atoms with Crippen LogP contribution in [0.1, 0.15) is 5.56 Å². The molecule has 5 nitrogen and oxygen atoms in total. The fraction of sp³-hybridized carbons (Fsp3) is 0.0588. The van der Waals surface area contributed by atoms with Crippen LogP contribution in [0.25, 0.3) is 11.1 Å². The van der Waals surface area contributed by atoms with Crippen molar-refractivity contribution in [1.29, 1.82) is 0 Å². The second-order valence-corrected chi connectivity index (χ2v) is 5.78. The van der Waals surface area contributed by atoms with Crippen LogP contribution < -0.4 is 15.9 Å². The van der Waals surface area contributed by atoms with Gasteiger partial charge in [0, 0.05) is 5.38 Å². The molecular weight excluding hydrogens is 327 g/mol. The molecule has 0 saturated carbocycles. The lowest BCUT2D eigenvalue weighted by atomic mass is 10.0. The molecule has 0 saturated heterocycles. The van der Waals surface area contributed by atoms with Crippen molar-refractivity contribution in [3.8, 4) is 16.9 Å². The molecule has 122 valence electrons. The van der Waals surface area contributed by atoms with Gasteiger partial charge >= 0.3 is 0 Å². The highest BCUT2D eigenvalue weighted by molar-refractivity contribution is 7.14. The fourth-order valence-corrected chi connectivity index (χ4v) is 2.66. The van der Waals surface area contributed by atoms with E-state index < -0.39 is 0 Å². The summed E-state index contributed by atoms with van der Waals surface area (Å²) in [7, 11) is 1.44. The number of halogens is 1. The Balaban J connectivity index is 1.70. The van der Waals surface area contributed by atoms with E-state index in [1.54, 1.807) is 17.7 Å². The topological polar surface area (TPSA) is 72.5 Å². The number of rotatable bonds is 5. The molecule has 0 radical (unpaired) electrons. The van der Waals surface area contributed by atoms with Gasteiger partial charge in [-0.2, -0.15) is 5.10 Å². The van der Waals surface area contributed by atoms with Crippen LogP contribution in [0.15, 0.2) is 52.9 Å². The SMILES string of the molecule is COc1ccc(-c2ccc(C=NNc3nc(N)cs3)cc2)cc1F. The number of nitrogen functional groups attached to an aromatic ring is 1. The molecule has 3 N–H and O–H groups in total. The van der Waals surface area contributed by atoms with Gasteiger partial charge in [-0.25, -0.2) is 9.37 Å². The number of hydrazone groups is 1. The fourth-order valence-electron chi connectivity index (χ4n) is 2.11. The molecular formula is C17H15FN4OS. The van der Waals surface area contributed by atoms with Crippen LogP contribution in [0.3, 0.4) is 0 Å². The summed E-state index contributed by atoms with van der Waals surface area (Å²) in [4.78, 5) is 4.04. The first-order valence-electron chi connectivity index (χ1n) is 7.10. The first kappa shape index (κ1) is 15.9. The quantitative estimate of drug-likeness (QED) is 0.543. The summed E-state index contributed by atoms with van der Waals surface area (Å²) < 4.78 is 18.7. The summed E-state index contributed by atoms with van der Waals surface area (Å²) in [5.74, 6) is 0.317. The molecule has 0 aliphatic heterocycles. The Hall–Kier alpha value is -2.93. The molecule has 0 aliphatic rings. The number of thiazole rings is 1. The Bertz CT molecular complexity index is 861. The third-order valence-electron chi connectivity index (χ3n) is 3.29. The van der Waals surface area contributed by atoms with Gasteiger partial charge in [-0.15, -0.1) is 11.3 Å². The number of anilines is 2. The standard InChI is InChI=1S/C17H15FN4OS/c1-23-15-7-6-13(8-14(15)18)12-4-2-11(3-5-12)9-20-22-17-21-16(19)10-24-17/h2-10H,19H2,1H3,(H,21,22). The van der Waals surface area contributed by atoms with E-state index in [-0.39, 0.29) is 11.6 Å². The Morgan fingerprint density at radius 2 is 1.96 bits per heavy atom. The minimum atomic E-state index is -0.382. The smallest absolute Gasteiger partial charge is 0.205 e. The zero-order valence-corrected chi connectivity index (χ0v) is 13.7. The van der Waals surface area contributed by atoms with Crippen molar-refractivity contribution in [2.24, 2.45) is 5.10 Å². The second kappa shape index (κ2) is 7.10. The number of nitrogens with one attached hydrogen (secondary N) is 1. The van der Waals surface area contributed by atoms with Gasteiger partial charge in [-0.05, 0) is 28.8 Å². The predicted molar refractivity (Wildman–Crippen MR) is 96.1 cm³/mol. The highest BCUT2D eigenvalue weighted by Gasteiger charge is 2.05. The molecule has 0 spiro atoms. The Labute approximate surface area is 142 Å². The summed E-state index contributed by atoms with van der Waals surface area (Å²) in [5.41, 5.74) is 11.0. The zero-order chi connectivity index (χ0) is 16.9. The van der Waals surface area contributed by atoms with Crippen LogP contribution in [0.4, 0.5) is 15.3 Å². The van der Waals surface area contributed by atoms with Gasteiger partial charge in [0.05, 0.1) is 13.3 Å². The monoisotopic (exact) mass is 342 g/mol. The van der Waals surface area contributed by atoms with Crippen LogP contribution >= 0.6 is 11.3 Å². The molecule has 1 heterocycles. The van der Waals surface area contributed by atoms with E-state index in [2.05, 4.69) is 15.5 Å². The highest BCUT2D eigenvalue weighted by atomic mass is 32.1. The van der Waals surface area contributed by atoms with Gasteiger partial charge < -0.3 is 10.5 Å². The van der Waals surface area contributed by atoms with Crippen molar-refractivity contribution in [2.75, 3.05) is 18.3 Å². The normalized spacial score (nSPS) is 10.9. The van der Waals surface area contributed by atoms with Gasteiger partial charge in [0.2, 0.25) is 5.13 Å². The maximum absolute atomic E-state index is 13.8. The van der Waals surface area contributed by atoms with Gasteiger partial charge in [0.15, 0.2) is 11.6 Å². The molecule has 0 unspecified atom stereocenters. The van der Waals surface area contributed by atoms with Crippen molar-refractivity contribution in [3.63, 3.8) is 0 Å². The summed E-state index contributed by atoms with van der Waals surface area (Å²) in [6, 6.07) is 12.5. The van der Waals surface area contributed by atoms with Crippen LogP contribution in [0, 0.1) is 5.82 Å². The molecule has 3 rings (SSSR count). The van der Waals surface area contributed by atoms with E-state index in [1.807, 2.05) is 30.3 Å². The summed E-state index contributed by atoms with van der Waals surface area (Å²) in [6.07, 6.45) is 1.68. The summed E-state index contributed by atoms with van der Waals surface area (Å²) >= 11 is 1.38. The highest BCUT2D eigenvalue weighted by Crippen LogP contribution is 2.25. The minimum Gasteiger partial charge on any atom is -0.494 e. The molecule has 0 amide bonds. The lowest BCUT2D eigenvalue weighted by Gasteiger charge is -2.06. The molecule has 1 aromatic heterocycles. The number of nitrogens with zero attached hydrogens (tertiary/aromatic N) is 2. The van der Waals surface area contributed by atoms with Gasteiger partial charge in [-0.1, -0.05) is 30.3 Å². The molecule has 3 aromatic rings. The lowest BCUT2D eigenvalue weighted by molar-refractivity contribution is 0.386. The Morgan fingerprint density at radius 1 is 1.21 bits per heavy atom. The van der Waals surface area contributed by atoms with Crippen LogP contribution in [0.5, 0.6) is 5.75 Å². The van der Waals surface area contributed by atoms with E-state index >= 15 is 0 Å². The first-order chi connectivity index (χ1) is 11.7. The lowest BCUT2D eigenvalue weighted by Crippen LogP contribution is -1.91. The number of benzene rings is 2.